The molecule has 0 unspecified atom stereocenters. The quantitative estimate of drug-likeness (QED) is 0.651. The molecule has 0 spiro atoms. The standard InChI is InChI=1S/C25H31N3O5S/c1-16(2)33-25(30)26-15-17(3)28(18(4)29)23-11-9-20(14-24(23)26)19-8-10-22-21(13-19)7-6-12-27(22)34(5,31)32/h8-11,13-14,16-17H,6-7,12,15H2,1-5H3/t17-/m0/s1. The van der Waals surface area contributed by atoms with E-state index < -0.39 is 16.1 Å². The minimum Gasteiger partial charge on any atom is -0.446 e. The van der Waals surface area contributed by atoms with Gasteiger partial charge in [0, 0.05) is 20.0 Å². The maximum Gasteiger partial charge on any atom is 0.414 e. The third-order valence-corrected chi connectivity index (χ3v) is 7.38. The van der Waals surface area contributed by atoms with Crippen LogP contribution in [0.25, 0.3) is 11.1 Å². The highest BCUT2D eigenvalue weighted by atomic mass is 32.2. The maximum atomic E-state index is 12.9. The number of benzene rings is 2. The Morgan fingerprint density at radius 2 is 1.68 bits per heavy atom. The summed E-state index contributed by atoms with van der Waals surface area (Å²) in [6.07, 6.45) is 2.07. The largest absolute Gasteiger partial charge is 0.446 e. The van der Waals surface area contributed by atoms with Crippen LogP contribution in [-0.4, -0.2) is 51.9 Å². The Morgan fingerprint density at radius 1 is 1.03 bits per heavy atom. The van der Waals surface area contributed by atoms with Crippen molar-refractivity contribution >= 4 is 39.1 Å². The Bertz CT molecular complexity index is 1240. The molecule has 0 N–H and O–H groups in total. The minimum absolute atomic E-state index is 0.0898. The van der Waals surface area contributed by atoms with Crippen molar-refractivity contribution in [1.82, 2.24) is 0 Å². The minimum atomic E-state index is -3.34. The number of carbonyl (C=O) groups is 2. The first-order valence-corrected chi connectivity index (χ1v) is 13.3. The van der Waals surface area contributed by atoms with Crippen LogP contribution in [-0.2, 0) is 26.0 Å². The summed E-state index contributed by atoms with van der Waals surface area (Å²) in [4.78, 5) is 28.6. The third-order valence-electron chi connectivity index (χ3n) is 6.20. The van der Waals surface area contributed by atoms with E-state index in [1.54, 1.807) is 23.6 Å². The molecule has 0 radical (unpaired) electrons. The molecule has 1 atom stereocenters. The lowest BCUT2D eigenvalue weighted by Gasteiger charge is -2.40. The van der Waals surface area contributed by atoms with E-state index in [0.717, 1.165) is 29.5 Å². The monoisotopic (exact) mass is 485 g/mol. The van der Waals surface area contributed by atoms with Crippen molar-refractivity contribution in [3.63, 3.8) is 0 Å². The number of carbonyl (C=O) groups excluding carboxylic acids is 2. The summed E-state index contributed by atoms with van der Waals surface area (Å²) < 4.78 is 31.3. The molecule has 34 heavy (non-hydrogen) atoms. The average molecular weight is 486 g/mol. The molecule has 2 heterocycles. The zero-order valence-corrected chi connectivity index (χ0v) is 21.1. The summed E-state index contributed by atoms with van der Waals surface area (Å²) in [6.45, 7) is 7.85. The van der Waals surface area contributed by atoms with Crippen LogP contribution in [0.5, 0.6) is 0 Å². The second-order valence-corrected chi connectivity index (χ2v) is 11.2. The summed E-state index contributed by atoms with van der Waals surface area (Å²) in [5.74, 6) is -0.0898. The summed E-state index contributed by atoms with van der Waals surface area (Å²) in [5, 5.41) is 0. The van der Waals surface area contributed by atoms with Gasteiger partial charge in [-0.25, -0.2) is 13.2 Å². The molecule has 0 bridgehead atoms. The highest BCUT2D eigenvalue weighted by Crippen LogP contribution is 2.40. The molecule has 2 aromatic rings. The van der Waals surface area contributed by atoms with Crippen LogP contribution >= 0.6 is 0 Å². The molecule has 0 fully saturated rings. The molecular formula is C25H31N3O5S. The van der Waals surface area contributed by atoms with Gasteiger partial charge in [-0.15, -0.1) is 0 Å². The van der Waals surface area contributed by atoms with Crippen molar-refractivity contribution < 1.29 is 22.7 Å². The van der Waals surface area contributed by atoms with Crippen LogP contribution < -0.4 is 14.1 Å². The molecule has 0 aliphatic carbocycles. The smallest absolute Gasteiger partial charge is 0.414 e. The first kappa shape index (κ1) is 24.1. The topological polar surface area (TPSA) is 87.2 Å². The predicted octanol–water partition coefficient (Wildman–Crippen LogP) is 4.17. The molecular weight excluding hydrogens is 454 g/mol. The molecule has 2 aromatic carbocycles. The molecule has 8 nitrogen and oxygen atoms in total. The normalized spacial score (nSPS) is 17.9. The van der Waals surface area contributed by atoms with Gasteiger partial charge in [-0.2, -0.15) is 0 Å². The van der Waals surface area contributed by atoms with Crippen molar-refractivity contribution in [3.05, 3.63) is 42.0 Å². The second kappa shape index (κ2) is 8.94. The van der Waals surface area contributed by atoms with Crippen molar-refractivity contribution in [2.45, 2.75) is 52.7 Å². The Hall–Kier alpha value is -3.07. The van der Waals surface area contributed by atoms with Gasteiger partial charge < -0.3 is 9.64 Å². The number of amides is 2. The average Bonchev–Trinajstić information content (AvgIpc) is 2.76. The van der Waals surface area contributed by atoms with Crippen LogP contribution in [0.2, 0.25) is 0 Å². The molecule has 0 saturated heterocycles. The summed E-state index contributed by atoms with van der Waals surface area (Å²) in [5.41, 5.74) is 4.76. The molecule has 9 heteroatoms. The number of hydrogen-bond acceptors (Lipinski definition) is 5. The Balaban J connectivity index is 1.78. The number of anilines is 3. The molecule has 182 valence electrons. The van der Waals surface area contributed by atoms with Gasteiger partial charge in [0.05, 0.1) is 35.5 Å². The number of sulfonamides is 1. The van der Waals surface area contributed by atoms with E-state index in [1.165, 1.54) is 17.5 Å². The second-order valence-electron chi connectivity index (χ2n) is 9.27. The van der Waals surface area contributed by atoms with E-state index in [4.69, 9.17) is 4.74 Å². The molecule has 4 rings (SSSR count). The lowest BCUT2D eigenvalue weighted by Crippen LogP contribution is -2.51. The van der Waals surface area contributed by atoms with Gasteiger partial charge in [0.2, 0.25) is 15.9 Å². The Morgan fingerprint density at radius 3 is 2.29 bits per heavy atom. The lowest BCUT2D eigenvalue weighted by molar-refractivity contribution is -0.117. The van der Waals surface area contributed by atoms with Gasteiger partial charge in [-0.1, -0.05) is 12.1 Å². The molecule has 2 aliphatic rings. The van der Waals surface area contributed by atoms with Gasteiger partial charge in [-0.05, 0) is 74.6 Å². The lowest BCUT2D eigenvalue weighted by atomic mass is 9.96. The number of nitrogens with zero attached hydrogens (tertiary/aromatic N) is 3. The van der Waals surface area contributed by atoms with Crippen molar-refractivity contribution in [2.24, 2.45) is 0 Å². The molecule has 2 aliphatic heterocycles. The summed E-state index contributed by atoms with van der Waals surface area (Å²) >= 11 is 0. The summed E-state index contributed by atoms with van der Waals surface area (Å²) in [6, 6.07) is 11.3. The van der Waals surface area contributed by atoms with Gasteiger partial charge >= 0.3 is 6.09 Å². The van der Waals surface area contributed by atoms with Crippen molar-refractivity contribution in [2.75, 3.05) is 33.5 Å². The molecule has 2 amide bonds. The van der Waals surface area contributed by atoms with Gasteiger partial charge in [0.1, 0.15) is 0 Å². The Labute approximate surface area is 201 Å². The first-order chi connectivity index (χ1) is 16.0. The number of aryl methyl sites for hydroxylation is 1. The maximum absolute atomic E-state index is 12.9. The van der Waals surface area contributed by atoms with Crippen molar-refractivity contribution in [3.8, 4) is 11.1 Å². The summed E-state index contributed by atoms with van der Waals surface area (Å²) in [7, 11) is -3.34. The van der Waals surface area contributed by atoms with Crippen LogP contribution in [0.4, 0.5) is 21.9 Å². The van der Waals surface area contributed by atoms with Crippen molar-refractivity contribution in [1.29, 1.82) is 0 Å². The predicted molar refractivity (Wildman–Crippen MR) is 134 cm³/mol. The Kier molecular flexibility index (Phi) is 6.33. The fraction of sp³-hybridized carbons (Fsp3) is 0.440. The van der Waals surface area contributed by atoms with E-state index in [1.807, 2.05) is 43.3 Å². The number of ether oxygens (including phenoxy) is 1. The number of fused-ring (bicyclic) bond motifs is 2. The van der Waals surface area contributed by atoms with E-state index in [2.05, 4.69) is 0 Å². The van der Waals surface area contributed by atoms with Crippen LogP contribution in [0.15, 0.2) is 36.4 Å². The third kappa shape index (κ3) is 4.49. The zero-order chi connectivity index (χ0) is 24.8. The SMILES string of the molecule is CC(=O)N1c2ccc(-c3ccc4c(c3)CCCN4S(C)(=O)=O)cc2N(C(=O)OC(C)C)C[C@@H]1C. The first-order valence-electron chi connectivity index (χ1n) is 11.5. The highest BCUT2D eigenvalue weighted by Gasteiger charge is 2.35. The molecule has 0 saturated carbocycles. The molecule has 0 aromatic heterocycles. The van der Waals surface area contributed by atoms with Crippen LogP contribution in [0.1, 0.15) is 39.7 Å². The zero-order valence-electron chi connectivity index (χ0n) is 20.2. The van der Waals surface area contributed by atoms with Gasteiger partial charge in [-0.3, -0.25) is 14.0 Å². The van der Waals surface area contributed by atoms with Gasteiger partial charge in [0.15, 0.2) is 0 Å². The van der Waals surface area contributed by atoms with Gasteiger partial charge in [0.25, 0.3) is 0 Å². The fourth-order valence-electron chi connectivity index (χ4n) is 4.81. The van der Waals surface area contributed by atoms with E-state index >= 15 is 0 Å². The van der Waals surface area contributed by atoms with E-state index in [-0.39, 0.29) is 18.1 Å². The fourth-order valence-corrected chi connectivity index (χ4v) is 5.81. The number of rotatable bonds is 3. The van der Waals surface area contributed by atoms with E-state index in [9.17, 15) is 18.0 Å². The van der Waals surface area contributed by atoms with Crippen LogP contribution in [0, 0.1) is 0 Å². The number of hydrogen-bond donors (Lipinski definition) is 0. The van der Waals surface area contributed by atoms with Crippen LogP contribution in [0.3, 0.4) is 0 Å². The van der Waals surface area contributed by atoms with E-state index in [0.29, 0.717) is 30.2 Å². The highest BCUT2D eigenvalue weighted by molar-refractivity contribution is 7.92.